The Morgan fingerprint density at radius 1 is 0.800 bits per heavy atom. The summed E-state index contributed by atoms with van der Waals surface area (Å²) in [4.78, 5) is 15.6. The molecule has 0 aromatic heterocycles. The molecule has 0 atom stereocenters. The molecule has 0 N–H and O–H groups in total. The van der Waals surface area contributed by atoms with Gasteiger partial charge in [0.1, 0.15) is 12.4 Å². The van der Waals surface area contributed by atoms with Crippen LogP contribution in [0.3, 0.4) is 0 Å². The van der Waals surface area contributed by atoms with Crippen LogP contribution in [0.1, 0.15) is 35.3 Å². The van der Waals surface area contributed by atoms with Crippen LogP contribution in [0.5, 0.6) is 5.75 Å². The van der Waals surface area contributed by atoms with E-state index in [0.717, 1.165) is 36.5 Å². The number of carbonyl (C=O) groups excluding carboxylic acids is 1. The number of Topliss-reactive ketones (excluding diaryl/α,β-unsaturated/α-hetero) is 1. The highest BCUT2D eigenvalue weighted by Gasteiger charge is 2.14. The fourth-order valence-corrected chi connectivity index (χ4v) is 3.30. The van der Waals surface area contributed by atoms with Gasteiger partial charge in [0.25, 0.3) is 0 Å². The van der Waals surface area contributed by atoms with Gasteiger partial charge in [-0.05, 0) is 54.6 Å². The monoisotopic (exact) mass is 399 g/mol. The molecule has 0 fully saturated rings. The van der Waals surface area contributed by atoms with Crippen molar-refractivity contribution in [3.63, 3.8) is 0 Å². The first-order valence-corrected chi connectivity index (χ1v) is 10.5. The van der Waals surface area contributed by atoms with Gasteiger partial charge in [0.05, 0.1) is 0 Å². The Hall–Kier alpha value is -3.17. The summed E-state index contributed by atoms with van der Waals surface area (Å²) in [6.45, 7) is 7.87. The molecule has 0 aliphatic rings. The summed E-state index contributed by atoms with van der Waals surface area (Å²) in [5.74, 6) is 0.784. The molecule has 0 heterocycles. The Labute approximate surface area is 179 Å². The molecular formula is C27H29NO2. The van der Waals surface area contributed by atoms with Crippen LogP contribution in [0.15, 0.2) is 84.9 Å². The lowest BCUT2D eigenvalue weighted by atomic mass is 9.95. The molecule has 0 aliphatic carbocycles. The van der Waals surface area contributed by atoms with Gasteiger partial charge < -0.3 is 9.64 Å². The largest absolute Gasteiger partial charge is 0.492 e. The van der Waals surface area contributed by atoms with Crippen LogP contribution in [0, 0.1) is 0 Å². The van der Waals surface area contributed by atoms with Gasteiger partial charge in [-0.2, -0.15) is 0 Å². The number of carbonyl (C=O) groups is 1. The molecule has 154 valence electrons. The molecule has 0 aliphatic heterocycles. The van der Waals surface area contributed by atoms with E-state index in [0.29, 0.717) is 17.7 Å². The number of rotatable bonds is 10. The highest BCUT2D eigenvalue weighted by Crippen LogP contribution is 2.24. The number of ketones is 1. The van der Waals surface area contributed by atoms with Crippen molar-refractivity contribution in [2.24, 2.45) is 0 Å². The number of ether oxygens (including phenoxy) is 1. The van der Waals surface area contributed by atoms with Crippen molar-refractivity contribution in [3.05, 3.63) is 102 Å². The first-order chi connectivity index (χ1) is 14.7. The third-order valence-electron chi connectivity index (χ3n) is 5.13. The first-order valence-electron chi connectivity index (χ1n) is 10.5. The van der Waals surface area contributed by atoms with Crippen LogP contribution in [0.25, 0.3) is 11.6 Å². The van der Waals surface area contributed by atoms with Crippen molar-refractivity contribution in [1.29, 1.82) is 0 Å². The summed E-state index contributed by atoms with van der Waals surface area (Å²) in [6, 6.07) is 27.2. The van der Waals surface area contributed by atoms with Gasteiger partial charge in [0.15, 0.2) is 5.78 Å². The fourth-order valence-electron chi connectivity index (χ4n) is 3.30. The van der Waals surface area contributed by atoms with Crippen molar-refractivity contribution in [3.8, 4) is 5.75 Å². The lowest BCUT2D eigenvalue weighted by Crippen LogP contribution is -2.27. The number of nitrogens with zero attached hydrogens (tertiary/aromatic N) is 1. The predicted molar refractivity (Wildman–Crippen MR) is 125 cm³/mol. The zero-order chi connectivity index (χ0) is 21.2. The van der Waals surface area contributed by atoms with Gasteiger partial charge in [0, 0.05) is 17.7 Å². The second kappa shape index (κ2) is 11.1. The van der Waals surface area contributed by atoms with Crippen LogP contribution in [0.4, 0.5) is 0 Å². The Bertz CT molecular complexity index is 943. The van der Waals surface area contributed by atoms with Gasteiger partial charge >= 0.3 is 0 Å². The smallest absolute Gasteiger partial charge is 0.193 e. The third kappa shape index (κ3) is 5.91. The first kappa shape index (κ1) is 21.5. The summed E-state index contributed by atoms with van der Waals surface area (Å²) < 4.78 is 5.85. The van der Waals surface area contributed by atoms with Gasteiger partial charge in [-0.3, -0.25) is 4.79 Å². The summed E-state index contributed by atoms with van der Waals surface area (Å²) in [5.41, 5.74) is 3.24. The average Bonchev–Trinajstić information content (AvgIpc) is 2.81. The van der Waals surface area contributed by atoms with Gasteiger partial charge in [-0.15, -0.1) is 0 Å². The molecule has 0 radical (unpaired) electrons. The number of likely N-dealkylation sites (N-methyl/N-ethyl adjacent to an activating group) is 1. The normalized spacial score (nSPS) is 11.5. The van der Waals surface area contributed by atoms with E-state index in [1.807, 2.05) is 91.0 Å². The molecule has 3 rings (SSSR count). The quantitative estimate of drug-likeness (QED) is 0.244. The minimum absolute atomic E-state index is 0.000237. The number of allylic oxidation sites excluding steroid dienone is 1. The zero-order valence-corrected chi connectivity index (χ0v) is 17.8. The van der Waals surface area contributed by atoms with Crippen LogP contribution in [-0.4, -0.2) is 36.9 Å². The molecule has 0 amide bonds. The Kier molecular flexibility index (Phi) is 7.99. The van der Waals surface area contributed by atoms with Crippen LogP contribution >= 0.6 is 0 Å². The third-order valence-corrected chi connectivity index (χ3v) is 5.13. The van der Waals surface area contributed by atoms with E-state index < -0.39 is 0 Å². The van der Waals surface area contributed by atoms with E-state index >= 15 is 0 Å². The Morgan fingerprint density at radius 2 is 1.40 bits per heavy atom. The van der Waals surface area contributed by atoms with Gasteiger partial charge in [-0.1, -0.05) is 74.5 Å². The maximum Gasteiger partial charge on any atom is 0.193 e. The van der Waals surface area contributed by atoms with E-state index in [4.69, 9.17) is 4.74 Å². The number of benzene rings is 3. The topological polar surface area (TPSA) is 29.5 Å². The van der Waals surface area contributed by atoms with Crippen molar-refractivity contribution in [1.82, 2.24) is 4.90 Å². The van der Waals surface area contributed by atoms with E-state index in [9.17, 15) is 4.79 Å². The molecule has 0 saturated carbocycles. The van der Waals surface area contributed by atoms with Crippen molar-refractivity contribution in [2.45, 2.75) is 13.8 Å². The maximum atomic E-state index is 13.3. The van der Waals surface area contributed by atoms with Crippen LogP contribution in [0.2, 0.25) is 0 Å². The highest BCUT2D eigenvalue weighted by atomic mass is 16.5. The molecular weight excluding hydrogens is 370 g/mol. The second-order valence-corrected chi connectivity index (χ2v) is 7.06. The van der Waals surface area contributed by atoms with E-state index in [2.05, 4.69) is 18.7 Å². The average molecular weight is 400 g/mol. The van der Waals surface area contributed by atoms with Crippen LogP contribution < -0.4 is 4.74 Å². The molecule has 0 saturated heterocycles. The predicted octanol–water partition coefficient (Wildman–Crippen LogP) is 5.83. The minimum atomic E-state index is -0.000237. The number of hydrogen-bond acceptors (Lipinski definition) is 3. The molecule has 30 heavy (non-hydrogen) atoms. The second-order valence-electron chi connectivity index (χ2n) is 7.06. The standard InChI is InChI=1S/C27H29NO2/c1-3-28(4-2)19-20-30-25-17-15-24(16-18-25)27(29)26(23-13-9-6-10-14-23)21-22-11-7-5-8-12-22/h5-18,21H,3-4,19-20H2,1-2H3/b26-21+. The number of hydrogen-bond donors (Lipinski definition) is 0. The van der Waals surface area contributed by atoms with Crippen LogP contribution in [-0.2, 0) is 0 Å². The SMILES string of the molecule is CCN(CC)CCOc1ccc(C(=O)/C(=C/c2ccccc2)c2ccccc2)cc1. The van der Waals surface area contributed by atoms with Crippen molar-refractivity contribution >= 4 is 17.4 Å². The van der Waals surface area contributed by atoms with E-state index in [1.165, 1.54) is 0 Å². The van der Waals surface area contributed by atoms with E-state index in [1.54, 1.807) is 0 Å². The molecule has 3 aromatic rings. The summed E-state index contributed by atoms with van der Waals surface area (Å²) >= 11 is 0. The summed E-state index contributed by atoms with van der Waals surface area (Å²) in [7, 11) is 0. The fraction of sp³-hybridized carbons (Fsp3) is 0.222. The molecule has 0 bridgehead atoms. The molecule has 0 spiro atoms. The van der Waals surface area contributed by atoms with Crippen molar-refractivity contribution < 1.29 is 9.53 Å². The Balaban J connectivity index is 1.77. The summed E-state index contributed by atoms with van der Waals surface area (Å²) in [5, 5.41) is 0. The molecule has 3 nitrogen and oxygen atoms in total. The summed E-state index contributed by atoms with van der Waals surface area (Å²) in [6.07, 6.45) is 1.95. The Morgan fingerprint density at radius 3 is 2.00 bits per heavy atom. The van der Waals surface area contributed by atoms with E-state index in [-0.39, 0.29) is 5.78 Å². The lowest BCUT2D eigenvalue weighted by Gasteiger charge is -2.18. The van der Waals surface area contributed by atoms with Gasteiger partial charge in [0.2, 0.25) is 0 Å². The lowest BCUT2D eigenvalue weighted by molar-refractivity contribution is 0.105. The van der Waals surface area contributed by atoms with Crippen molar-refractivity contribution in [2.75, 3.05) is 26.2 Å². The molecule has 0 unspecified atom stereocenters. The maximum absolute atomic E-state index is 13.3. The van der Waals surface area contributed by atoms with Gasteiger partial charge in [-0.25, -0.2) is 0 Å². The zero-order valence-electron chi connectivity index (χ0n) is 17.8. The highest BCUT2D eigenvalue weighted by molar-refractivity contribution is 6.32. The minimum Gasteiger partial charge on any atom is -0.492 e. The molecule has 3 aromatic carbocycles. The molecule has 3 heteroatoms.